The zero-order valence-corrected chi connectivity index (χ0v) is 11.8. The second kappa shape index (κ2) is 7.02. The Bertz CT molecular complexity index is 349. The topological polar surface area (TPSA) is 30.5 Å². The summed E-state index contributed by atoms with van der Waals surface area (Å²) in [5.41, 5.74) is 1.26. The molecule has 1 aromatic rings. The Morgan fingerprint density at radius 2 is 2.22 bits per heavy atom. The summed E-state index contributed by atoms with van der Waals surface area (Å²) in [6.45, 7) is 3.55. The van der Waals surface area contributed by atoms with E-state index in [1.54, 1.807) is 0 Å². The highest BCUT2D eigenvalue weighted by atomic mass is 32.2. The zero-order valence-electron chi connectivity index (χ0n) is 11.0. The van der Waals surface area contributed by atoms with Gasteiger partial charge in [0.2, 0.25) is 0 Å². The van der Waals surface area contributed by atoms with Crippen LogP contribution in [0.25, 0.3) is 0 Å². The lowest BCUT2D eigenvalue weighted by Gasteiger charge is -2.30. The maximum absolute atomic E-state index is 5.85. The van der Waals surface area contributed by atoms with Crippen LogP contribution in [0.1, 0.15) is 18.5 Å². The van der Waals surface area contributed by atoms with Gasteiger partial charge in [-0.3, -0.25) is 0 Å². The van der Waals surface area contributed by atoms with E-state index in [9.17, 15) is 0 Å². The minimum Gasteiger partial charge on any atom is -0.494 e. The zero-order chi connectivity index (χ0) is 12.8. The number of hydrogen-bond donors (Lipinski definition) is 1. The Balaban J connectivity index is 2.06. The van der Waals surface area contributed by atoms with Gasteiger partial charge in [0.1, 0.15) is 5.75 Å². The number of benzene rings is 1. The van der Waals surface area contributed by atoms with E-state index >= 15 is 0 Å². The molecular formula is C14H21NO2S. The first-order valence-electron chi connectivity index (χ1n) is 6.44. The molecule has 0 radical (unpaired) electrons. The summed E-state index contributed by atoms with van der Waals surface area (Å²) in [5.74, 6) is 3.09. The van der Waals surface area contributed by atoms with Crippen LogP contribution in [0.4, 0.5) is 0 Å². The van der Waals surface area contributed by atoms with Crippen LogP contribution in [0.15, 0.2) is 24.3 Å². The second-order valence-corrected chi connectivity index (χ2v) is 5.40. The molecule has 4 heteroatoms. The van der Waals surface area contributed by atoms with Crippen molar-refractivity contribution >= 4 is 11.8 Å². The molecule has 1 N–H and O–H groups in total. The van der Waals surface area contributed by atoms with Gasteiger partial charge >= 0.3 is 0 Å². The molecule has 1 heterocycles. The Labute approximate surface area is 113 Å². The highest BCUT2D eigenvalue weighted by molar-refractivity contribution is 7.99. The molecular weight excluding hydrogens is 246 g/mol. The molecule has 1 aliphatic rings. The summed E-state index contributed by atoms with van der Waals surface area (Å²) in [5, 5.41) is 3.36. The van der Waals surface area contributed by atoms with E-state index in [1.165, 1.54) is 5.56 Å². The number of thioether (sulfide) groups is 1. The van der Waals surface area contributed by atoms with Gasteiger partial charge in [0, 0.05) is 11.5 Å². The smallest absolute Gasteiger partial charge is 0.119 e. The molecule has 0 saturated carbocycles. The summed E-state index contributed by atoms with van der Waals surface area (Å²) in [6.07, 6.45) is 0.256. The maximum atomic E-state index is 5.85. The number of nitrogens with one attached hydrogen (secondary N) is 1. The molecule has 0 bridgehead atoms. The summed E-state index contributed by atoms with van der Waals surface area (Å²) in [4.78, 5) is 0. The monoisotopic (exact) mass is 267 g/mol. The second-order valence-electron chi connectivity index (χ2n) is 4.25. The number of likely N-dealkylation sites (N-methyl/N-ethyl adjacent to an activating group) is 1. The van der Waals surface area contributed by atoms with Crippen molar-refractivity contribution < 1.29 is 9.47 Å². The lowest BCUT2D eigenvalue weighted by atomic mass is 10.0. The SMILES string of the molecule is CCOc1ccc(C(NC)C2CSCCO2)cc1. The highest BCUT2D eigenvalue weighted by Gasteiger charge is 2.24. The molecule has 2 rings (SSSR count). The Kier molecular flexibility index (Phi) is 5.35. The lowest BCUT2D eigenvalue weighted by molar-refractivity contribution is 0.0488. The molecule has 0 amide bonds. The first-order chi connectivity index (χ1) is 8.85. The van der Waals surface area contributed by atoms with E-state index < -0.39 is 0 Å². The highest BCUT2D eigenvalue weighted by Crippen LogP contribution is 2.26. The minimum absolute atomic E-state index is 0.256. The van der Waals surface area contributed by atoms with Crippen LogP contribution < -0.4 is 10.1 Å². The third kappa shape index (κ3) is 3.40. The summed E-state index contributed by atoms with van der Waals surface area (Å²) >= 11 is 1.96. The fourth-order valence-electron chi connectivity index (χ4n) is 2.20. The molecule has 1 fully saturated rings. The van der Waals surface area contributed by atoms with Crippen LogP contribution in [-0.2, 0) is 4.74 Å². The first-order valence-corrected chi connectivity index (χ1v) is 7.60. The number of hydrogen-bond acceptors (Lipinski definition) is 4. The van der Waals surface area contributed by atoms with E-state index in [2.05, 4.69) is 17.4 Å². The standard InChI is InChI=1S/C14H21NO2S/c1-3-16-12-6-4-11(5-7-12)14(15-2)13-10-18-9-8-17-13/h4-7,13-15H,3,8-10H2,1-2H3. The van der Waals surface area contributed by atoms with Crippen molar-refractivity contribution in [2.45, 2.75) is 19.1 Å². The summed E-state index contributed by atoms with van der Waals surface area (Å²) in [7, 11) is 1.99. The molecule has 0 aromatic heterocycles. The number of ether oxygens (including phenoxy) is 2. The van der Waals surface area contributed by atoms with Crippen molar-refractivity contribution in [3.63, 3.8) is 0 Å². The fourth-order valence-corrected chi connectivity index (χ4v) is 3.11. The van der Waals surface area contributed by atoms with Gasteiger partial charge in [-0.15, -0.1) is 0 Å². The van der Waals surface area contributed by atoms with Crippen molar-refractivity contribution in [3.05, 3.63) is 29.8 Å². The van der Waals surface area contributed by atoms with E-state index in [0.717, 1.165) is 23.9 Å². The van der Waals surface area contributed by atoms with E-state index in [0.29, 0.717) is 6.61 Å². The molecule has 1 aliphatic heterocycles. The van der Waals surface area contributed by atoms with E-state index in [1.807, 2.05) is 37.9 Å². The Hall–Kier alpha value is -0.710. The predicted octanol–water partition coefficient (Wildman–Crippen LogP) is 2.48. The Morgan fingerprint density at radius 3 is 2.78 bits per heavy atom. The van der Waals surface area contributed by atoms with Gasteiger partial charge < -0.3 is 14.8 Å². The molecule has 100 valence electrons. The molecule has 18 heavy (non-hydrogen) atoms. The summed E-state index contributed by atoms with van der Waals surface area (Å²) in [6, 6.07) is 8.55. The van der Waals surface area contributed by atoms with Gasteiger partial charge in [0.05, 0.1) is 25.4 Å². The van der Waals surface area contributed by atoms with Crippen LogP contribution in [0, 0.1) is 0 Å². The van der Waals surface area contributed by atoms with Crippen LogP contribution in [0.3, 0.4) is 0 Å². The molecule has 3 nitrogen and oxygen atoms in total. The van der Waals surface area contributed by atoms with Crippen molar-refractivity contribution in [1.29, 1.82) is 0 Å². The van der Waals surface area contributed by atoms with Crippen LogP contribution in [0.2, 0.25) is 0 Å². The van der Waals surface area contributed by atoms with Crippen molar-refractivity contribution in [2.24, 2.45) is 0 Å². The number of rotatable bonds is 5. The summed E-state index contributed by atoms with van der Waals surface area (Å²) < 4.78 is 11.3. The Morgan fingerprint density at radius 1 is 1.44 bits per heavy atom. The van der Waals surface area contributed by atoms with Gasteiger partial charge in [-0.1, -0.05) is 12.1 Å². The van der Waals surface area contributed by atoms with Gasteiger partial charge in [-0.2, -0.15) is 11.8 Å². The van der Waals surface area contributed by atoms with Gasteiger partial charge in [-0.05, 0) is 31.7 Å². The molecule has 2 atom stereocenters. The first kappa shape index (κ1) is 13.7. The van der Waals surface area contributed by atoms with Crippen LogP contribution in [-0.4, -0.2) is 37.9 Å². The van der Waals surface area contributed by atoms with E-state index in [-0.39, 0.29) is 12.1 Å². The molecule has 0 spiro atoms. The normalized spacial score (nSPS) is 21.6. The minimum atomic E-state index is 0.256. The molecule has 1 saturated heterocycles. The van der Waals surface area contributed by atoms with Gasteiger partial charge in [-0.25, -0.2) is 0 Å². The fraction of sp³-hybridized carbons (Fsp3) is 0.571. The van der Waals surface area contributed by atoms with Gasteiger partial charge in [0.25, 0.3) is 0 Å². The average Bonchev–Trinajstić information content (AvgIpc) is 2.43. The predicted molar refractivity (Wildman–Crippen MR) is 76.5 cm³/mol. The molecule has 2 unspecified atom stereocenters. The van der Waals surface area contributed by atoms with Crippen molar-refractivity contribution in [2.75, 3.05) is 31.8 Å². The third-order valence-corrected chi connectivity index (χ3v) is 4.09. The average molecular weight is 267 g/mol. The van der Waals surface area contributed by atoms with Crippen molar-refractivity contribution in [1.82, 2.24) is 5.32 Å². The molecule has 0 aliphatic carbocycles. The van der Waals surface area contributed by atoms with Crippen LogP contribution >= 0.6 is 11.8 Å². The van der Waals surface area contributed by atoms with Crippen molar-refractivity contribution in [3.8, 4) is 5.75 Å². The van der Waals surface area contributed by atoms with Gasteiger partial charge in [0.15, 0.2) is 0 Å². The van der Waals surface area contributed by atoms with E-state index in [4.69, 9.17) is 9.47 Å². The third-order valence-electron chi connectivity index (χ3n) is 3.07. The lowest BCUT2D eigenvalue weighted by Crippen LogP contribution is -2.36. The quantitative estimate of drug-likeness (QED) is 0.888. The molecule has 1 aromatic carbocycles. The largest absolute Gasteiger partial charge is 0.494 e. The maximum Gasteiger partial charge on any atom is 0.119 e. The van der Waals surface area contributed by atoms with Crippen LogP contribution in [0.5, 0.6) is 5.75 Å².